The van der Waals surface area contributed by atoms with Crippen LogP contribution >= 0.6 is 0 Å². The number of H-pyrrole nitrogens is 1. The van der Waals surface area contributed by atoms with Crippen LogP contribution in [0.3, 0.4) is 0 Å². The molecule has 0 saturated heterocycles. The fraction of sp³-hybridized carbons (Fsp3) is 0.125. The summed E-state index contributed by atoms with van der Waals surface area (Å²) >= 11 is 0. The molecule has 0 unspecified atom stereocenters. The van der Waals surface area contributed by atoms with Gasteiger partial charge in [-0.25, -0.2) is 14.3 Å². The summed E-state index contributed by atoms with van der Waals surface area (Å²) in [4.78, 5) is 28.7. The van der Waals surface area contributed by atoms with Crippen molar-refractivity contribution in [3.8, 4) is 0 Å². The third-order valence-corrected chi connectivity index (χ3v) is 1.77. The van der Waals surface area contributed by atoms with Crippen LogP contribution in [0.2, 0.25) is 0 Å². The molecule has 0 atom stereocenters. The van der Waals surface area contributed by atoms with Crippen LogP contribution in [0.15, 0.2) is 23.1 Å². The fourth-order valence-corrected chi connectivity index (χ4v) is 1.25. The molecule has 0 aromatic carbocycles. The Morgan fingerprint density at radius 3 is 3.08 bits per heavy atom. The maximum absolute atomic E-state index is 11.2. The monoisotopic (exact) mass is 177 g/mol. The molecule has 0 aliphatic rings. The van der Waals surface area contributed by atoms with E-state index in [2.05, 4.69) is 9.97 Å². The topological polar surface area (TPSA) is 67.8 Å². The molecule has 2 rings (SSSR count). The normalized spacial score (nSPS) is 10.5. The third kappa shape index (κ3) is 1.05. The van der Waals surface area contributed by atoms with E-state index in [1.807, 2.05) is 0 Å². The summed E-state index contributed by atoms with van der Waals surface area (Å²) < 4.78 is 1.06. The van der Waals surface area contributed by atoms with Crippen molar-refractivity contribution in [2.45, 2.75) is 6.92 Å². The molecular formula is C8H7N3O2. The first-order valence-electron chi connectivity index (χ1n) is 3.77. The number of aromatic amines is 1. The van der Waals surface area contributed by atoms with Gasteiger partial charge < -0.3 is 0 Å². The Balaban J connectivity index is 2.95. The van der Waals surface area contributed by atoms with Gasteiger partial charge in [-0.3, -0.25) is 9.78 Å². The van der Waals surface area contributed by atoms with Gasteiger partial charge in [-0.1, -0.05) is 0 Å². The van der Waals surface area contributed by atoms with Crippen molar-refractivity contribution in [1.29, 1.82) is 0 Å². The number of nitrogens with zero attached hydrogens (tertiary/aromatic N) is 2. The molecule has 5 heteroatoms. The zero-order chi connectivity index (χ0) is 9.42. The molecule has 0 aliphatic carbocycles. The van der Waals surface area contributed by atoms with E-state index >= 15 is 0 Å². The summed E-state index contributed by atoms with van der Waals surface area (Å²) in [6.07, 6.45) is 1.56. The van der Waals surface area contributed by atoms with E-state index in [1.165, 1.54) is 6.92 Å². The summed E-state index contributed by atoms with van der Waals surface area (Å²) in [6.45, 7) is 1.34. The van der Waals surface area contributed by atoms with Crippen molar-refractivity contribution in [2.24, 2.45) is 0 Å². The highest BCUT2D eigenvalue weighted by molar-refractivity contribution is 5.87. The number of hydrogen-bond donors (Lipinski definition) is 1. The number of fused-ring (bicyclic) bond motifs is 1. The minimum absolute atomic E-state index is 0.316. The van der Waals surface area contributed by atoms with Crippen LogP contribution in [0.5, 0.6) is 0 Å². The number of nitrogens with one attached hydrogen (secondary N) is 1. The zero-order valence-electron chi connectivity index (χ0n) is 6.94. The van der Waals surface area contributed by atoms with E-state index in [0.717, 1.165) is 4.57 Å². The van der Waals surface area contributed by atoms with Crippen LogP contribution in [-0.4, -0.2) is 20.4 Å². The molecule has 2 aromatic heterocycles. The van der Waals surface area contributed by atoms with Gasteiger partial charge in [0.2, 0.25) is 5.91 Å². The van der Waals surface area contributed by atoms with Crippen molar-refractivity contribution in [1.82, 2.24) is 14.5 Å². The van der Waals surface area contributed by atoms with Crippen molar-refractivity contribution < 1.29 is 4.79 Å². The minimum Gasteiger partial charge on any atom is -0.290 e. The number of imidazole rings is 1. The Hall–Kier alpha value is -1.91. The molecule has 1 N–H and O–H groups in total. The van der Waals surface area contributed by atoms with Gasteiger partial charge in [-0.05, 0) is 12.1 Å². The Labute approximate surface area is 73.0 Å². The third-order valence-electron chi connectivity index (χ3n) is 1.77. The SMILES string of the molecule is CC(=O)n1c(=O)[nH]c2ncccc21. The minimum atomic E-state index is -0.443. The predicted octanol–water partition coefficient (Wildman–Crippen LogP) is 0.385. The summed E-state index contributed by atoms with van der Waals surface area (Å²) in [7, 11) is 0. The highest BCUT2D eigenvalue weighted by Gasteiger charge is 2.09. The second kappa shape index (κ2) is 2.55. The van der Waals surface area contributed by atoms with Crippen LogP contribution in [0, 0.1) is 0 Å². The second-order valence-corrected chi connectivity index (χ2v) is 2.66. The molecule has 0 amide bonds. The Morgan fingerprint density at radius 2 is 2.38 bits per heavy atom. The summed E-state index contributed by atoms with van der Waals surface area (Å²) in [6, 6.07) is 3.34. The molecule has 2 heterocycles. The zero-order valence-corrected chi connectivity index (χ0v) is 6.94. The Kier molecular flexibility index (Phi) is 1.51. The van der Waals surface area contributed by atoms with Gasteiger partial charge in [0.05, 0.1) is 5.52 Å². The summed E-state index contributed by atoms with van der Waals surface area (Å²) in [5.41, 5.74) is 0.504. The molecule has 0 radical (unpaired) electrons. The second-order valence-electron chi connectivity index (χ2n) is 2.66. The molecule has 0 aliphatic heterocycles. The predicted molar refractivity (Wildman–Crippen MR) is 46.7 cm³/mol. The van der Waals surface area contributed by atoms with Gasteiger partial charge in [-0.2, -0.15) is 0 Å². The van der Waals surface area contributed by atoms with Gasteiger partial charge in [0.25, 0.3) is 0 Å². The van der Waals surface area contributed by atoms with Gasteiger partial charge in [0.1, 0.15) is 0 Å². The highest BCUT2D eigenvalue weighted by atomic mass is 16.2. The Morgan fingerprint density at radius 1 is 1.62 bits per heavy atom. The molecular weight excluding hydrogens is 170 g/mol. The maximum atomic E-state index is 11.2. The fourth-order valence-electron chi connectivity index (χ4n) is 1.25. The summed E-state index contributed by atoms with van der Waals surface area (Å²) in [5.74, 6) is -0.316. The van der Waals surface area contributed by atoms with Gasteiger partial charge in [0, 0.05) is 13.1 Å². The molecule has 5 nitrogen and oxygen atoms in total. The lowest BCUT2D eigenvalue weighted by Crippen LogP contribution is -2.21. The molecule has 0 spiro atoms. The number of pyridine rings is 1. The number of carbonyl (C=O) groups is 1. The number of hydrogen-bond acceptors (Lipinski definition) is 3. The number of aromatic nitrogens is 3. The van der Waals surface area contributed by atoms with Crippen LogP contribution in [0.4, 0.5) is 0 Å². The highest BCUT2D eigenvalue weighted by Crippen LogP contribution is 2.04. The quantitative estimate of drug-likeness (QED) is 0.632. The van der Waals surface area contributed by atoms with Crippen LogP contribution in [0.1, 0.15) is 11.7 Å². The molecule has 13 heavy (non-hydrogen) atoms. The van der Waals surface area contributed by atoms with Crippen molar-refractivity contribution in [2.75, 3.05) is 0 Å². The lowest BCUT2D eigenvalue weighted by molar-refractivity contribution is 0.0937. The average molecular weight is 177 g/mol. The van der Waals surface area contributed by atoms with Crippen molar-refractivity contribution >= 4 is 17.1 Å². The van der Waals surface area contributed by atoms with Crippen LogP contribution < -0.4 is 5.69 Å². The standard InChI is InChI=1S/C8H7N3O2/c1-5(12)11-6-3-2-4-9-7(6)10-8(11)13/h2-4H,1H3,(H,9,10,13). The van der Waals surface area contributed by atoms with Gasteiger partial charge in [-0.15, -0.1) is 0 Å². The molecule has 66 valence electrons. The van der Waals surface area contributed by atoms with E-state index in [4.69, 9.17) is 0 Å². The molecule has 2 aromatic rings. The molecule has 0 fully saturated rings. The molecule has 0 saturated carbocycles. The first kappa shape index (κ1) is 7.72. The smallest absolute Gasteiger partial charge is 0.290 e. The lowest BCUT2D eigenvalue weighted by atomic mass is 10.4. The lowest BCUT2D eigenvalue weighted by Gasteiger charge is -1.93. The number of rotatable bonds is 0. The number of carbonyl (C=O) groups excluding carboxylic acids is 1. The van der Waals surface area contributed by atoms with E-state index < -0.39 is 5.69 Å². The van der Waals surface area contributed by atoms with E-state index in [1.54, 1.807) is 18.3 Å². The van der Waals surface area contributed by atoms with E-state index in [9.17, 15) is 9.59 Å². The summed E-state index contributed by atoms with van der Waals surface area (Å²) in [5, 5.41) is 0. The van der Waals surface area contributed by atoms with Gasteiger partial charge >= 0.3 is 5.69 Å². The first-order chi connectivity index (χ1) is 6.20. The van der Waals surface area contributed by atoms with Crippen LogP contribution in [0.25, 0.3) is 11.2 Å². The average Bonchev–Trinajstić information content (AvgIpc) is 2.39. The first-order valence-corrected chi connectivity index (χ1v) is 3.77. The van der Waals surface area contributed by atoms with Crippen LogP contribution in [-0.2, 0) is 0 Å². The van der Waals surface area contributed by atoms with E-state index in [-0.39, 0.29) is 5.91 Å². The van der Waals surface area contributed by atoms with E-state index in [0.29, 0.717) is 11.2 Å². The van der Waals surface area contributed by atoms with Gasteiger partial charge in [0.15, 0.2) is 5.65 Å². The van der Waals surface area contributed by atoms with Crippen molar-refractivity contribution in [3.63, 3.8) is 0 Å². The largest absolute Gasteiger partial charge is 0.334 e. The maximum Gasteiger partial charge on any atom is 0.334 e. The Bertz CT molecular complexity index is 523. The molecule has 0 bridgehead atoms. The van der Waals surface area contributed by atoms with Crippen molar-refractivity contribution in [3.05, 3.63) is 28.8 Å².